The Balaban J connectivity index is 2.38. The zero-order valence-electron chi connectivity index (χ0n) is 9.39. The van der Waals surface area contributed by atoms with Crippen molar-refractivity contribution < 1.29 is 14.7 Å². The molecule has 0 spiro atoms. The Kier molecular flexibility index (Phi) is 3.04. The number of carboxylic acids is 1. The summed E-state index contributed by atoms with van der Waals surface area (Å²) in [4.78, 5) is 36.1. The number of aromatic nitrogens is 4. The monoisotopic (exact) mass is 250 g/mol. The van der Waals surface area contributed by atoms with Crippen molar-refractivity contribution in [3.63, 3.8) is 0 Å². The van der Waals surface area contributed by atoms with Crippen molar-refractivity contribution in [1.29, 1.82) is 0 Å². The Bertz CT molecular complexity index is 607. The molecule has 0 saturated carbocycles. The van der Waals surface area contributed by atoms with Gasteiger partial charge in [-0.05, 0) is 0 Å². The highest BCUT2D eigenvalue weighted by Crippen LogP contribution is 2.18. The molecule has 94 valence electrons. The first-order chi connectivity index (χ1) is 8.56. The Morgan fingerprint density at radius 3 is 2.89 bits per heavy atom. The molecule has 2 aromatic rings. The number of nitrogens with one attached hydrogen (secondary N) is 3. The molecule has 0 saturated heterocycles. The summed E-state index contributed by atoms with van der Waals surface area (Å²) in [5.41, 5.74) is 0.812. The van der Waals surface area contributed by atoms with E-state index >= 15 is 0 Å². The summed E-state index contributed by atoms with van der Waals surface area (Å²) in [7, 11) is 0. The fourth-order valence-corrected chi connectivity index (χ4v) is 1.33. The van der Waals surface area contributed by atoms with Crippen LogP contribution in [0.1, 0.15) is 6.92 Å². The van der Waals surface area contributed by atoms with Crippen LogP contribution >= 0.6 is 0 Å². The standard InChI is InChI=1S/C9H10N6O3/c1-4(16)13-9-14-7(10-2-5(17)18)6-8(15-9)12-3-11-6/h3H,2H2,1H3,(H,17,18)(H3,10,11,12,13,14,15,16). The van der Waals surface area contributed by atoms with Crippen molar-refractivity contribution in [1.82, 2.24) is 19.9 Å². The molecule has 0 radical (unpaired) electrons. The number of aliphatic carboxylic acids is 1. The average Bonchev–Trinajstić information content (AvgIpc) is 2.72. The van der Waals surface area contributed by atoms with E-state index in [-0.39, 0.29) is 24.2 Å². The molecule has 4 N–H and O–H groups in total. The quantitative estimate of drug-likeness (QED) is 0.590. The molecule has 0 bridgehead atoms. The summed E-state index contributed by atoms with van der Waals surface area (Å²) in [5.74, 6) is -1.02. The lowest BCUT2D eigenvalue weighted by Crippen LogP contribution is -2.15. The number of amides is 1. The Morgan fingerprint density at radius 1 is 1.44 bits per heavy atom. The van der Waals surface area contributed by atoms with Crippen LogP contribution in [0.15, 0.2) is 6.33 Å². The highest BCUT2D eigenvalue weighted by molar-refractivity contribution is 5.90. The number of hydrogen-bond acceptors (Lipinski definition) is 6. The van der Waals surface area contributed by atoms with E-state index in [4.69, 9.17) is 5.11 Å². The summed E-state index contributed by atoms with van der Waals surface area (Å²) < 4.78 is 0. The van der Waals surface area contributed by atoms with E-state index in [1.807, 2.05) is 0 Å². The molecule has 9 heteroatoms. The number of carbonyl (C=O) groups is 2. The lowest BCUT2D eigenvalue weighted by molar-refractivity contribution is -0.135. The van der Waals surface area contributed by atoms with E-state index in [1.54, 1.807) is 0 Å². The zero-order chi connectivity index (χ0) is 13.1. The van der Waals surface area contributed by atoms with Gasteiger partial charge in [0, 0.05) is 6.92 Å². The third-order valence-corrected chi connectivity index (χ3v) is 1.98. The number of aromatic amines is 1. The second-order valence-electron chi connectivity index (χ2n) is 3.43. The number of H-pyrrole nitrogens is 1. The normalized spacial score (nSPS) is 10.3. The van der Waals surface area contributed by atoms with Crippen LogP contribution in [0, 0.1) is 0 Å². The van der Waals surface area contributed by atoms with Crippen LogP contribution in [0.5, 0.6) is 0 Å². The Labute approximate surface area is 101 Å². The summed E-state index contributed by atoms with van der Waals surface area (Å²) >= 11 is 0. The Hall–Kier alpha value is -2.71. The first-order valence-electron chi connectivity index (χ1n) is 5.00. The molecule has 0 atom stereocenters. The van der Waals surface area contributed by atoms with Gasteiger partial charge in [-0.2, -0.15) is 9.97 Å². The number of fused-ring (bicyclic) bond motifs is 1. The van der Waals surface area contributed by atoms with Gasteiger partial charge in [0.1, 0.15) is 12.1 Å². The number of rotatable bonds is 4. The minimum absolute atomic E-state index is 0.0648. The Morgan fingerprint density at radius 2 is 2.22 bits per heavy atom. The third-order valence-electron chi connectivity index (χ3n) is 1.98. The number of anilines is 2. The van der Waals surface area contributed by atoms with Crippen LogP contribution in [0.25, 0.3) is 11.2 Å². The molecule has 2 aromatic heterocycles. The first-order valence-corrected chi connectivity index (χ1v) is 5.00. The number of carbonyl (C=O) groups excluding carboxylic acids is 1. The molecule has 2 rings (SSSR count). The maximum atomic E-state index is 10.9. The fourth-order valence-electron chi connectivity index (χ4n) is 1.33. The number of nitrogens with zero attached hydrogens (tertiary/aromatic N) is 3. The zero-order valence-corrected chi connectivity index (χ0v) is 9.39. The SMILES string of the molecule is CC(=O)Nc1nc(NCC(=O)O)c2[nH]cnc2n1. The van der Waals surface area contributed by atoms with Crippen LogP contribution in [-0.4, -0.2) is 43.5 Å². The van der Waals surface area contributed by atoms with Crippen LogP contribution in [-0.2, 0) is 9.59 Å². The van der Waals surface area contributed by atoms with Crippen molar-refractivity contribution in [2.45, 2.75) is 6.92 Å². The maximum absolute atomic E-state index is 10.9. The minimum atomic E-state index is -1.03. The van der Waals surface area contributed by atoms with E-state index in [0.717, 1.165) is 0 Å². The van der Waals surface area contributed by atoms with Gasteiger partial charge in [0.2, 0.25) is 11.9 Å². The molecular weight excluding hydrogens is 240 g/mol. The van der Waals surface area contributed by atoms with Gasteiger partial charge in [-0.15, -0.1) is 0 Å². The van der Waals surface area contributed by atoms with E-state index in [9.17, 15) is 9.59 Å². The second kappa shape index (κ2) is 4.65. The summed E-state index contributed by atoms with van der Waals surface area (Å²) in [6, 6.07) is 0. The summed E-state index contributed by atoms with van der Waals surface area (Å²) in [6.45, 7) is 1.02. The van der Waals surface area contributed by atoms with E-state index in [2.05, 4.69) is 30.6 Å². The maximum Gasteiger partial charge on any atom is 0.322 e. The largest absolute Gasteiger partial charge is 0.480 e. The molecule has 2 heterocycles. The predicted octanol–water partition coefficient (Wildman–Crippen LogP) is -0.192. The number of imidazole rings is 1. The van der Waals surface area contributed by atoms with Crippen LogP contribution in [0.4, 0.5) is 11.8 Å². The van der Waals surface area contributed by atoms with Gasteiger partial charge in [-0.25, -0.2) is 4.98 Å². The van der Waals surface area contributed by atoms with Gasteiger partial charge in [0.15, 0.2) is 11.5 Å². The van der Waals surface area contributed by atoms with Crippen LogP contribution in [0.3, 0.4) is 0 Å². The lowest BCUT2D eigenvalue weighted by atomic mass is 10.4. The fraction of sp³-hybridized carbons (Fsp3) is 0.222. The number of hydrogen-bond donors (Lipinski definition) is 4. The molecule has 0 fully saturated rings. The lowest BCUT2D eigenvalue weighted by Gasteiger charge is -2.06. The van der Waals surface area contributed by atoms with Gasteiger partial charge >= 0.3 is 5.97 Å². The molecular formula is C9H10N6O3. The average molecular weight is 250 g/mol. The van der Waals surface area contributed by atoms with Gasteiger partial charge in [0.05, 0.1) is 6.33 Å². The minimum Gasteiger partial charge on any atom is -0.480 e. The molecule has 18 heavy (non-hydrogen) atoms. The highest BCUT2D eigenvalue weighted by atomic mass is 16.4. The molecule has 0 aliphatic rings. The van der Waals surface area contributed by atoms with Gasteiger partial charge in [-0.1, -0.05) is 0 Å². The predicted molar refractivity (Wildman–Crippen MR) is 62.1 cm³/mol. The van der Waals surface area contributed by atoms with Crippen LogP contribution in [0.2, 0.25) is 0 Å². The van der Waals surface area contributed by atoms with Gasteiger partial charge in [0.25, 0.3) is 0 Å². The number of carboxylic acid groups (broad SMARTS) is 1. The van der Waals surface area contributed by atoms with Crippen molar-refractivity contribution in [2.24, 2.45) is 0 Å². The molecule has 1 amide bonds. The van der Waals surface area contributed by atoms with Gasteiger partial charge in [-0.3, -0.25) is 14.9 Å². The molecule has 0 aliphatic heterocycles. The van der Waals surface area contributed by atoms with Crippen molar-refractivity contribution in [3.05, 3.63) is 6.33 Å². The van der Waals surface area contributed by atoms with Crippen molar-refractivity contribution in [3.8, 4) is 0 Å². The van der Waals surface area contributed by atoms with Crippen molar-refractivity contribution >= 4 is 34.8 Å². The molecule has 0 unspecified atom stereocenters. The summed E-state index contributed by atoms with van der Waals surface area (Å²) in [6.07, 6.45) is 1.41. The molecule has 0 aromatic carbocycles. The van der Waals surface area contributed by atoms with E-state index < -0.39 is 5.97 Å². The first kappa shape index (κ1) is 11.8. The van der Waals surface area contributed by atoms with Crippen LogP contribution < -0.4 is 10.6 Å². The highest BCUT2D eigenvalue weighted by Gasteiger charge is 2.11. The third kappa shape index (κ3) is 2.51. The smallest absolute Gasteiger partial charge is 0.322 e. The van der Waals surface area contributed by atoms with E-state index in [0.29, 0.717) is 11.2 Å². The molecule has 0 aliphatic carbocycles. The van der Waals surface area contributed by atoms with Crippen molar-refractivity contribution in [2.75, 3.05) is 17.2 Å². The topological polar surface area (TPSA) is 133 Å². The van der Waals surface area contributed by atoms with Gasteiger partial charge < -0.3 is 15.4 Å². The van der Waals surface area contributed by atoms with E-state index in [1.165, 1.54) is 13.3 Å². The molecule has 9 nitrogen and oxygen atoms in total. The second-order valence-corrected chi connectivity index (χ2v) is 3.43. The summed E-state index contributed by atoms with van der Waals surface area (Å²) in [5, 5.41) is 13.6.